The lowest BCUT2D eigenvalue weighted by molar-refractivity contribution is 0.249. The van der Waals surface area contributed by atoms with Gasteiger partial charge in [0.05, 0.1) is 17.2 Å². The van der Waals surface area contributed by atoms with E-state index in [0.717, 1.165) is 6.07 Å². The van der Waals surface area contributed by atoms with Crippen molar-refractivity contribution in [1.29, 1.82) is 0 Å². The van der Waals surface area contributed by atoms with Crippen LogP contribution in [0.2, 0.25) is 0 Å². The number of halogens is 3. The highest BCUT2D eigenvalue weighted by Crippen LogP contribution is 2.19. The molecule has 0 spiro atoms. The van der Waals surface area contributed by atoms with Gasteiger partial charge in [0.25, 0.3) is 0 Å². The molecule has 0 aliphatic carbocycles. The summed E-state index contributed by atoms with van der Waals surface area (Å²) in [6.45, 7) is 0. The number of hydrogen-bond acceptors (Lipinski definition) is 3. The molecule has 9 heteroatoms. The maximum absolute atomic E-state index is 13.3. The van der Waals surface area contributed by atoms with Crippen molar-refractivity contribution in [2.45, 2.75) is 12.5 Å². The molecule has 1 fully saturated rings. The van der Waals surface area contributed by atoms with Crippen LogP contribution in [0.15, 0.2) is 12.1 Å². The normalized spacial score (nSPS) is 20.6. The Kier molecular flexibility index (Phi) is 3.89. The molecule has 0 bridgehead atoms. The first kappa shape index (κ1) is 14.6. The van der Waals surface area contributed by atoms with Crippen molar-refractivity contribution in [3.63, 3.8) is 0 Å². The van der Waals surface area contributed by atoms with Gasteiger partial charge in [0.1, 0.15) is 0 Å². The summed E-state index contributed by atoms with van der Waals surface area (Å²) < 4.78 is 61.3. The van der Waals surface area contributed by atoms with Crippen LogP contribution in [-0.4, -0.2) is 32.0 Å². The Morgan fingerprint density at radius 2 is 1.90 bits per heavy atom. The van der Waals surface area contributed by atoms with E-state index in [4.69, 9.17) is 0 Å². The SMILES string of the molecule is O=C(Nc1ccc(F)c(F)c1F)NC1CCS(=O)(=O)C1. The van der Waals surface area contributed by atoms with Crippen molar-refractivity contribution in [2.75, 3.05) is 16.8 Å². The van der Waals surface area contributed by atoms with Crippen LogP contribution < -0.4 is 10.6 Å². The Balaban J connectivity index is 2.01. The first-order valence-electron chi connectivity index (χ1n) is 5.70. The van der Waals surface area contributed by atoms with E-state index in [1.54, 1.807) is 0 Å². The van der Waals surface area contributed by atoms with Crippen molar-refractivity contribution in [3.8, 4) is 0 Å². The highest BCUT2D eigenvalue weighted by atomic mass is 32.2. The average molecular weight is 308 g/mol. The lowest BCUT2D eigenvalue weighted by Gasteiger charge is -2.12. The molecule has 1 aliphatic rings. The summed E-state index contributed by atoms with van der Waals surface area (Å²) in [5, 5.41) is 4.34. The molecule has 20 heavy (non-hydrogen) atoms. The van der Waals surface area contributed by atoms with E-state index in [1.165, 1.54) is 0 Å². The number of urea groups is 1. The number of amides is 2. The van der Waals surface area contributed by atoms with Gasteiger partial charge in [-0.15, -0.1) is 0 Å². The summed E-state index contributed by atoms with van der Waals surface area (Å²) in [6.07, 6.45) is 0.260. The van der Waals surface area contributed by atoms with E-state index in [0.29, 0.717) is 6.07 Å². The van der Waals surface area contributed by atoms with Crippen molar-refractivity contribution in [3.05, 3.63) is 29.6 Å². The van der Waals surface area contributed by atoms with Crippen LogP contribution in [0.25, 0.3) is 0 Å². The zero-order valence-corrected chi connectivity index (χ0v) is 10.9. The van der Waals surface area contributed by atoms with Crippen molar-refractivity contribution in [1.82, 2.24) is 5.32 Å². The van der Waals surface area contributed by atoms with Crippen molar-refractivity contribution >= 4 is 21.6 Å². The molecular weight excluding hydrogens is 297 g/mol. The van der Waals surface area contributed by atoms with Gasteiger partial charge in [0.2, 0.25) is 0 Å². The predicted octanol–water partition coefficient (Wildman–Crippen LogP) is 1.41. The van der Waals surface area contributed by atoms with Crippen LogP contribution in [0.5, 0.6) is 0 Å². The van der Waals surface area contributed by atoms with E-state index >= 15 is 0 Å². The van der Waals surface area contributed by atoms with Gasteiger partial charge in [-0.25, -0.2) is 26.4 Å². The fourth-order valence-corrected chi connectivity index (χ4v) is 3.55. The van der Waals surface area contributed by atoms with Gasteiger partial charge in [-0.3, -0.25) is 0 Å². The first-order chi connectivity index (χ1) is 9.28. The molecule has 0 saturated carbocycles. The van der Waals surface area contributed by atoms with E-state index in [-0.39, 0.29) is 17.9 Å². The third-order valence-electron chi connectivity index (χ3n) is 2.85. The zero-order valence-electron chi connectivity index (χ0n) is 10.1. The maximum atomic E-state index is 13.3. The smallest absolute Gasteiger partial charge is 0.319 e. The van der Waals surface area contributed by atoms with E-state index in [2.05, 4.69) is 5.32 Å². The van der Waals surface area contributed by atoms with Crippen molar-refractivity contribution in [2.24, 2.45) is 0 Å². The van der Waals surface area contributed by atoms with Gasteiger partial charge >= 0.3 is 6.03 Å². The molecule has 1 aromatic rings. The fraction of sp³-hybridized carbons (Fsp3) is 0.364. The molecule has 0 radical (unpaired) electrons. The molecular formula is C11H11F3N2O3S. The summed E-state index contributed by atoms with van der Waals surface area (Å²) in [5.41, 5.74) is -0.526. The number of rotatable bonds is 2. The van der Waals surface area contributed by atoms with Gasteiger partial charge in [-0.05, 0) is 18.6 Å². The second-order valence-electron chi connectivity index (χ2n) is 4.42. The molecule has 110 valence electrons. The fourth-order valence-electron chi connectivity index (χ4n) is 1.88. The zero-order chi connectivity index (χ0) is 14.9. The molecule has 1 heterocycles. The highest BCUT2D eigenvalue weighted by Gasteiger charge is 2.29. The van der Waals surface area contributed by atoms with Crippen LogP contribution in [0.4, 0.5) is 23.7 Å². The molecule has 1 unspecified atom stereocenters. The molecule has 1 atom stereocenters. The number of nitrogens with one attached hydrogen (secondary N) is 2. The van der Waals surface area contributed by atoms with Gasteiger partial charge < -0.3 is 10.6 Å². The van der Waals surface area contributed by atoms with E-state index < -0.39 is 45.0 Å². The molecule has 1 saturated heterocycles. The third kappa shape index (κ3) is 3.21. The predicted molar refractivity (Wildman–Crippen MR) is 65.5 cm³/mol. The Morgan fingerprint density at radius 1 is 1.20 bits per heavy atom. The molecule has 2 N–H and O–H groups in total. The minimum absolute atomic E-state index is 0.0303. The highest BCUT2D eigenvalue weighted by molar-refractivity contribution is 7.91. The Morgan fingerprint density at radius 3 is 2.50 bits per heavy atom. The minimum atomic E-state index is -3.16. The average Bonchev–Trinajstić information content (AvgIpc) is 2.69. The summed E-state index contributed by atoms with van der Waals surface area (Å²) in [7, 11) is -3.16. The van der Waals surface area contributed by atoms with Gasteiger partial charge in [-0.2, -0.15) is 0 Å². The second-order valence-corrected chi connectivity index (χ2v) is 6.65. The lowest BCUT2D eigenvalue weighted by atomic mass is 10.2. The van der Waals surface area contributed by atoms with Crippen molar-refractivity contribution < 1.29 is 26.4 Å². The van der Waals surface area contributed by atoms with Crippen LogP contribution in [0, 0.1) is 17.5 Å². The molecule has 1 aliphatic heterocycles. The number of hydrogen-bond donors (Lipinski definition) is 2. The largest absolute Gasteiger partial charge is 0.334 e. The molecule has 2 amide bonds. The summed E-state index contributed by atoms with van der Waals surface area (Å²) >= 11 is 0. The minimum Gasteiger partial charge on any atom is -0.334 e. The summed E-state index contributed by atoms with van der Waals surface area (Å²) in [5.74, 6) is -4.79. The standard InChI is InChI=1S/C11H11F3N2O3S/c12-7-1-2-8(10(14)9(7)13)16-11(17)15-6-3-4-20(18,19)5-6/h1-2,6H,3-5H2,(H2,15,16,17). The third-order valence-corrected chi connectivity index (χ3v) is 4.62. The molecule has 1 aromatic carbocycles. The number of sulfone groups is 1. The summed E-state index contributed by atoms with van der Waals surface area (Å²) in [4.78, 5) is 11.5. The number of anilines is 1. The van der Waals surface area contributed by atoms with E-state index in [9.17, 15) is 26.4 Å². The van der Waals surface area contributed by atoms with Crippen LogP contribution in [0.3, 0.4) is 0 Å². The quantitative estimate of drug-likeness (QED) is 0.811. The molecule has 2 rings (SSSR count). The van der Waals surface area contributed by atoms with Gasteiger partial charge in [-0.1, -0.05) is 0 Å². The number of benzene rings is 1. The number of carbonyl (C=O) groups is 1. The molecule has 5 nitrogen and oxygen atoms in total. The summed E-state index contributed by atoms with van der Waals surface area (Å²) in [6, 6.07) is 0.0950. The Labute approximate surface area is 113 Å². The number of carbonyl (C=O) groups excluding carboxylic acids is 1. The van der Waals surface area contributed by atoms with Crippen LogP contribution in [0.1, 0.15) is 6.42 Å². The Hall–Kier alpha value is -1.77. The second kappa shape index (κ2) is 5.31. The lowest BCUT2D eigenvalue weighted by Crippen LogP contribution is -2.38. The monoisotopic (exact) mass is 308 g/mol. The van der Waals surface area contributed by atoms with Gasteiger partial charge in [0, 0.05) is 6.04 Å². The van der Waals surface area contributed by atoms with Gasteiger partial charge in [0.15, 0.2) is 27.3 Å². The van der Waals surface area contributed by atoms with Crippen LogP contribution >= 0.6 is 0 Å². The topological polar surface area (TPSA) is 75.3 Å². The first-order valence-corrected chi connectivity index (χ1v) is 7.52. The molecule has 0 aromatic heterocycles. The Bertz CT molecular complexity index is 649. The van der Waals surface area contributed by atoms with E-state index in [1.807, 2.05) is 5.32 Å². The van der Waals surface area contributed by atoms with Crippen LogP contribution in [-0.2, 0) is 9.84 Å². The maximum Gasteiger partial charge on any atom is 0.319 e.